The molecule has 0 saturated heterocycles. The second-order valence-corrected chi connectivity index (χ2v) is 4.99. The summed E-state index contributed by atoms with van der Waals surface area (Å²) in [4.78, 5) is 18.4. The molecule has 0 unspecified atom stereocenters. The van der Waals surface area contributed by atoms with Crippen LogP contribution >= 0.6 is 0 Å². The Kier molecular flexibility index (Phi) is 5.67. The van der Waals surface area contributed by atoms with Crippen molar-refractivity contribution in [2.45, 2.75) is 33.2 Å². The molecule has 23 heavy (non-hydrogen) atoms. The van der Waals surface area contributed by atoms with Crippen molar-refractivity contribution in [3.05, 3.63) is 41.3 Å². The van der Waals surface area contributed by atoms with Gasteiger partial charge >= 0.3 is 0 Å². The van der Waals surface area contributed by atoms with Crippen molar-refractivity contribution in [1.29, 1.82) is 0 Å². The predicted octanol–water partition coefficient (Wildman–Crippen LogP) is 2.83. The van der Waals surface area contributed by atoms with Gasteiger partial charge in [-0.05, 0) is 25.5 Å². The normalized spacial score (nSPS) is 10.6. The second kappa shape index (κ2) is 7.71. The first-order chi connectivity index (χ1) is 11.1. The van der Waals surface area contributed by atoms with Crippen molar-refractivity contribution >= 4 is 5.91 Å². The number of rotatable bonds is 7. The number of benzene rings is 1. The van der Waals surface area contributed by atoms with Crippen LogP contribution in [-0.2, 0) is 13.0 Å². The van der Waals surface area contributed by atoms with Gasteiger partial charge in [-0.1, -0.05) is 18.1 Å². The summed E-state index contributed by atoms with van der Waals surface area (Å²) >= 11 is 0. The van der Waals surface area contributed by atoms with Gasteiger partial charge in [0.25, 0.3) is 5.91 Å². The summed E-state index contributed by atoms with van der Waals surface area (Å²) in [5.41, 5.74) is 0.173. The highest BCUT2D eigenvalue weighted by molar-refractivity contribution is 5.97. The summed E-state index contributed by atoms with van der Waals surface area (Å²) < 4.78 is 23.9. The lowest BCUT2D eigenvalue weighted by Crippen LogP contribution is -2.31. The highest BCUT2D eigenvalue weighted by Crippen LogP contribution is 2.24. The third kappa shape index (κ3) is 3.85. The van der Waals surface area contributed by atoms with Crippen LogP contribution in [0.1, 0.15) is 42.3 Å². The Morgan fingerprint density at radius 2 is 2.17 bits per heavy atom. The van der Waals surface area contributed by atoms with Gasteiger partial charge in [-0.2, -0.15) is 4.98 Å². The molecule has 6 nitrogen and oxygen atoms in total. The monoisotopic (exact) mass is 321 g/mol. The van der Waals surface area contributed by atoms with Crippen LogP contribution < -0.4 is 4.74 Å². The first kappa shape index (κ1) is 16.9. The first-order valence-electron chi connectivity index (χ1n) is 7.53. The maximum Gasteiger partial charge on any atom is 0.258 e. The molecule has 0 fully saturated rings. The standard InChI is InChI=1S/C16H20FN3O3/c1-4-7-14-18-13(19-23-14)10-20(5-2)16(21)11-8-6-9-12(17)15(11)22-3/h6,8-9H,4-5,7,10H2,1-3H3. The van der Waals surface area contributed by atoms with Crippen LogP contribution in [-0.4, -0.2) is 34.6 Å². The van der Waals surface area contributed by atoms with Crippen LogP contribution in [0.4, 0.5) is 4.39 Å². The van der Waals surface area contributed by atoms with E-state index in [4.69, 9.17) is 9.26 Å². The summed E-state index contributed by atoms with van der Waals surface area (Å²) in [5.74, 6) is 0.00831. The average molecular weight is 321 g/mol. The molecule has 2 rings (SSSR count). The summed E-state index contributed by atoms with van der Waals surface area (Å²) in [6, 6.07) is 4.26. The van der Waals surface area contributed by atoms with Crippen LogP contribution in [0, 0.1) is 5.82 Å². The Bertz CT molecular complexity index is 672. The molecule has 1 heterocycles. The van der Waals surface area contributed by atoms with Gasteiger partial charge < -0.3 is 14.2 Å². The van der Waals surface area contributed by atoms with E-state index in [1.807, 2.05) is 13.8 Å². The molecule has 0 spiro atoms. The molecule has 1 amide bonds. The van der Waals surface area contributed by atoms with E-state index >= 15 is 0 Å². The van der Waals surface area contributed by atoms with E-state index in [1.54, 1.807) is 0 Å². The Morgan fingerprint density at radius 3 is 2.83 bits per heavy atom. The van der Waals surface area contributed by atoms with Gasteiger partial charge in [0.2, 0.25) is 5.89 Å². The van der Waals surface area contributed by atoms with Gasteiger partial charge in [0.05, 0.1) is 19.2 Å². The number of hydrogen-bond acceptors (Lipinski definition) is 5. The fourth-order valence-electron chi connectivity index (χ4n) is 2.22. The van der Waals surface area contributed by atoms with E-state index in [1.165, 1.54) is 30.2 Å². The van der Waals surface area contributed by atoms with Crippen LogP contribution in [0.25, 0.3) is 0 Å². The lowest BCUT2D eigenvalue weighted by molar-refractivity contribution is 0.0743. The minimum absolute atomic E-state index is 0.0595. The highest BCUT2D eigenvalue weighted by atomic mass is 19.1. The van der Waals surface area contributed by atoms with Gasteiger partial charge in [0, 0.05) is 13.0 Å². The zero-order valence-corrected chi connectivity index (χ0v) is 13.5. The summed E-state index contributed by atoms with van der Waals surface area (Å²) in [6.07, 6.45) is 1.60. The number of para-hydroxylation sites is 1. The van der Waals surface area contributed by atoms with E-state index in [2.05, 4.69) is 10.1 Å². The minimum atomic E-state index is -0.570. The number of amides is 1. The lowest BCUT2D eigenvalue weighted by Gasteiger charge is -2.20. The Morgan fingerprint density at radius 1 is 1.39 bits per heavy atom. The van der Waals surface area contributed by atoms with Crippen LogP contribution in [0.5, 0.6) is 5.75 Å². The number of methoxy groups -OCH3 is 1. The molecule has 124 valence electrons. The molecule has 0 radical (unpaired) electrons. The first-order valence-corrected chi connectivity index (χ1v) is 7.53. The molecule has 0 aliphatic carbocycles. The number of carbonyl (C=O) groups is 1. The molecular weight excluding hydrogens is 301 g/mol. The number of hydrogen-bond donors (Lipinski definition) is 0. The molecule has 0 saturated carbocycles. The van der Waals surface area contributed by atoms with Gasteiger partial charge in [-0.25, -0.2) is 4.39 Å². The third-order valence-corrected chi connectivity index (χ3v) is 3.38. The number of aromatic nitrogens is 2. The van der Waals surface area contributed by atoms with E-state index in [0.29, 0.717) is 24.7 Å². The van der Waals surface area contributed by atoms with Crippen LogP contribution in [0.3, 0.4) is 0 Å². The van der Waals surface area contributed by atoms with Gasteiger partial charge in [0.1, 0.15) is 0 Å². The Labute approximate surface area is 134 Å². The molecule has 0 N–H and O–H groups in total. The van der Waals surface area contributed by atoms with Crippen molar-refractivity contribution in [2.24, 2.45) is 0 Å². The molecule has 7 heteroatoms. The molecule has 1 aromatic heterocycles. The van der Waals surface area contributed by atoms with Gasteiger partial charge in [-0.3, -0.25) is 4.79 Å². The quantitative estimate of drug-likeness (QED) is 0.784. The number of nitrogens with zero attached hydrogens (tertiary/aromatic N) is 3. The second-order valence-electron chi connectivity index (χ2n) is 4.99. The fraction of sp³-hybridized carbons (Fsp3) is 0.438. The van der Waals surface area contributed by atoms with Crippen LogP contribution in [0.15, 0.2) is 22.7 Å². The largest absolute Gasteiger partial charge is 0.493 e. The zero-order valence-electron chi connectivity index (χ0n) is 13.5. The minimum Gasteiger partial charge on any atom is -0.493 e. The highest BCUT2D eigenvalue weighted by Gasteiger charge is 2.22. The zero-order chi connectivity index (χ0) is 16.8. The molecule has 0 bridgehead atoms. The molecule has 0 aliphatic heterocycles. The van der Waals surface area contributed by atoms with Crippen LogP contribution in [0.2, 0.25) is 0 Å². The Hall–Kier alpha value is -2.44. The number of halogens is 1. The van der Waals surface area contributed by atoms with Crippen molar-refractivity contribution in [3.63, 3.8) is 0 Å². The van der Waals surface area contributed by atoms with Gasteiger partial charge in [-0.15, -0.1) is 0 Å². The van der Waals surface area contributed by atoms with Crippen molar-refractivity contribution in [1.82, 2.24) is 15.0 Å². The maximum atomic E-state index is 13.8. The smallest absolute Gasteiger partial charge is 0.258 e. The van der Waals surface area contributed by atoms with E-state index in [9.17, 15) is 9.18 Å². The maximum absolute atomic E-state index is 13.8. The van der Waals surface area contributed by atoms with Crippen molar-refractivity contribution in [3.8, 4) is 5.75 Å². The fourth-order valence-corrected chi connectivity index (χ4v) is 2.22. The van der Waals surface area contributed by atoms with E-state index in [0.717, 1.165) is 6.42 Å². The number of ether oxygens (including phenoxy) is 1. The average Bonchev–Trinajstić information content (AvgIpc) is 2.99. The Balaban J connectivity index is 2.19. The van der Waals surface area contributed by atoms with Crippen molar-refractivity contribution < 1.29 is 18.4 Å². The molecular formula is C16H20FN3O3. The third-order valence-electron chi connectivity index (χ3n) is 3.38. The van der Waals surface area contributed by atoms with E-state index in [-0.39, 0.29) is 23.8 Å². The molecule has 2 aromatic rings. The molecule has 1 aromatic carbocycles. The molecule has 0 atom stereocenters. The summed E-state index contributed by atoms with van der Waals surface area (Å²) in [5, 5.41) is 3.87. The van der Waals surface area contributed by atoms with E-state index < -0.39 is 5.82 Å². The van der Waals surface area contributed by atoms with Gasteiger partial charge in [0.15, 0.2) is 17.4 Å². The number of aryl methyl sites for hydroxylation is 1. The van der Waals surface area contributed by atoms with Crippen molar-refractivity contribution in [2.75, 3.05) is 13.7 Å². The number of carbonyl (C=O) groups excluding carboxylic acids is 1. The SMILES string of the molecule is CCCc1nc(CN(CC)C(=O)c2cccc(F)c2OC)no1. The molecule has 0 aliphatic rings. The summed E-state index contributed by atoms with van der Waals surface area (Å²) in [6.45, 7) is 4.47. The predicted molar refractivity (Wildman–Crippen MR) is 81.7 cm³/mol. The summed E-state index contributed by atoms with van der Waals surface area (Å²) in [7, 11) is 1.34. The topological polar surface area (TPSA) is 68.5 Å². The lowest BCUT2D eigenvalue weighted by atomic mass is 10.1.